The van der Waals surface area contributed by atoms with Gasteiger partial charge in [-0.25, -0.2) is 0 Å². The van der Waals surface area contributed by atoms with Crippen LogP contribution < -0.4 is 0 Å². The monoisotopic (exact) mass is 194 g/mol. The van der Waals surface area contributed by atoms with Gasteiger partial charge in [-0.15, -0.1) is 11.6 Å². The lowest BCUT2D eigenvalue weighted by Gasteiger charge is -1.97. The number of alkyl halides is 1. The summed E-state index contributed by atoms with van der Waals surface area (Å²) in [5, 5.41) is 0. The Morgan fingerprint density at radius 3 is 2.62 bits per heavy atom. The normalized spacial score (nSPS) is 25.6. The Bertz CT molecular complexity index is 307. The summed E-state index contributed by atoms with van der Waals surface area (Å²) in [7, 11) is 0. The van der Waals surface area contributed by atoms with Crippen LogP contribution in [0.25, 0.3) is 0 Å². The van der Waals surface area contributed by atoms with Crippen molar-refractivity contribution in [1.29, 1.82) is 0 Å². The summed E-state index contributed by atoms with van der Waals surface area (Å²) in [4.78, 5) is 11.7. The molecular formula is C11H11ClO. The Morgan fingerprint density at radius 1 is 1.38 bits per heavy atom. The maximum Gasteiger partial charge on any atom is 0.166 e. The zero-order chi connectivity index (χ0) is 9.26. The van der Waals surface area contributed by atoms with E-state index in [4.69, 9.17) is 11.6 Å². The second kappa shape index (κ2) is 3.51. The second-order valence-corrected chi connectivity index (χ2v) is 3.80. The van der Waals surface area contributed by atoms with Crippen LogP contribution in [0.3, 0.4) is 0 Å². The van der Waals surface area contributed by atoms with Gasteiger partial charge in [0, 0.05) is 17.4 Å². The molecule has 0 bridgehead atoms. The van der Waals surface area contributed by atoms with Gasteiger partial charge in [0.2, 0.25) is 0 Å². The van der Waals surface area contributed by atoms with Crippen molar-refractivity contribution in [3.8, 4) is 0 Å². The first-order chi connectivity index (χ1) is 6.33. The summed E-state index contributed by atoms with van der Waals surface area (Å²) in [5.41, 5.74) is 0.820. The van der Waals surface area contributed by atoms with Crippen LogP contribution in [0.2, 0.25) is 0 Å². The molecule has 1 aliphatic rings. The van der Waals surface area contributed by atoms with Crippen LogP contribution in [-0.2, 0) is 0 Å². The number of ketones is 1. The molecule has 1 saturated carbocycles. The third-order valence-corrected chi connectivity index (χ3v) is 2.91. The summed E-state index contributed by atoms with van der Waals surface area (Å²) in [6.07, 6.45) is 0.969. The molecule has 68 valence electrons. The molecule has 0 radical (unpaired) electrons. The summed E-state index contributed by atoms with van der Waals surface area (Å²) in [6, 6.07) is 9.44. The van der Waals surface area contributed by atoms with E-state index in [2.05, 4.69) is 0 Å². The van der Waals surface area contributed by atoms with Crippen LogP contribution in [0, 0.1) is 11.8 Å². The SMILES string of the molecule is O=C(c1ccccc1)C1CC1CCl. The van der Waals surface area contributed by atoms with Crippen molar-refractivity contribution >= 4 is 17.4 Å². The fraction of sp³-hybridized carbons (Fsp3) is 0.364. The van der Waals surface area contributed by atoms with Crippen molar-refractivity contribution in [1.82, 2.24) is 0 Å². The molecule has 0 N–H and O–H groups in total. The highest BCUT2D eigenvalue weighted by Gasteiger charge is 2.42. The molecule has 1 aromatic carbocycles. The van der Waals surface area contributed by atoms with Gasteiger partial charge in [-0.1, -0.05) is 30.3 Å². The van der Waals surface area contributed by atoms with Gasteiger partial charge in [-0.3, -0.25) is 4.79 Å². The van der Waals surface area contributed by atoms with Crippen LogP contribution in [0.4, 0.5) is 0 Å². The molecule has 0 amide bonds. The van der Waals surface area contributed by atoms with Crippen LogP contribution in [0.1, 0.15) is 16.8 Å². The average molecular weight is 195 g/mol. The molecule has 2 atom stereocenters. The van der Waals surface area contributed by atoms with Crippen molar-refractivity contribution < 1.29 is 4.79 Å². The van der Waals surface area contributed by atoms with E-state index in [-0.39, 0.29) is 11.7 Å². The minimum absolute atomic E-state index is 0.194. The largest absolute Gasteiger partial charge is 0.294 e. The van der Waals surface area contributed by atoms with Crippen molar-refractivity contribution in [2.75, 3.05) is 5.88 Å². The number of halogens is 1. The Balaban J connectivity index is 2.07. The van der Waals surface area contributed by atoms with Crippen molar-refractivity contribution in [3.63, 3.8) is 0 Å². The Labute approximate surface area is 82.7 Å². The number of Topliss-reactive ketones (excluding diaryl/α,β-unsaturated/α-hetero) is 1. The predicted octanol–water partition coefficient (Wildman–Crippen LogP) is 2.74. The number of hydrogen-bond donors (Lipinski definition) is 0. The molecule has 1 fully saturated rings. The van der Waals surface area contributed by atoms with Crippen molar-refractivity contribution in [2.24, 2.45) is 11.8 Å². The quantitative estimate of drug-likeness (QED) is 0.534. The van der Waals surface area contributed by atoms with E-state index < -0.39 is 0 Å². The van der Waals surface area contributed by atoms with Gasteiger partial charge in [0.1, 0.15) is 0 Å². The summed E-state index contributed by atoms with van der Waals surface area (Å²) in [6.45, 7) is 0. The zero-order valence-corrected chi connectivity index (χ0v) is 8.00. The van der Waals surface area contributed by atoms with E-state index in [0.29, 0.717) is 11.8 Å². The lowest BCUT2D eigenvalue weighted by atomic mass is 10.1. The topological polar surface area (TPSA) is 17.1 Å². The molecule has 1 aliphatic carbocycles. The van der Waals surface area contributed by atoms with Gasteiger partial charge in [0.25, 0.3) is 0 Å². The molecule has 1 nitrogen and oxygen atoms in total. The Morgan fingerprint density at radius 2 is 2.08 bits per heavy atom. The van der Waals surface area contributed by atoms with Gasteiger partial charge >= 0.3 is 0 Å². The number of carbonyl (C=O) groups is 1. The smallest absolute Gasteiger partial charge is 0.166 e. The lowest BCUT2D eigenvalue weighted by Crippen LogP contribution is -2.03. The third kappa shape index (κ3) is 1.75. The van der Waals surface area contributed by atoms with E-state index in [0.717, 1.165) is 12.0 Å². The second-order valence-electron chi connectivity index (χ2n) is 3.49. The highest BCUT2D eigenvalue weighted by atomic mass is 35.5. The zero-order valence-electron chi connectivity index (χ0n) is 7.24. The average Bonchev–Trinajstić information content (AvgIpc) is 2.97. The molecule has 0 heterocycles. The predicted molar refractivity (Wildman–Crippen MR) is 53.1 cm³/mol. The van der Waals surface area contributed by atoms with Gasteiger partial charge in [-0.05, 0) is 12.3 Å². The number of hydrogen-bond acceptors (Lipinski definition) is 1. The number of rotatable bonds is 3. The Hall–Kier alpha value is -0.820. The van der Waals surface area contributed by atoms with E-state index in [1.165, 1.54) is 0 Å². The van der Waals surface area contributed by atoms with Crippen LogP contribution in [0.5, 0.6) is 0 Å². The van der Waals surface area contributed by atoms with Gasteiger partial charge in [-0.2, -0.15) is 0 Å². The summed E-state index contributed by atoms with van der Waals surface area (Å²) >= 11 is 5.67. The highest BCUT2D eigenvalue weighted by Crippen LogP contribution is 2.41. The molecular weight excluding hydrogens is 184 g/mol. The van der Waals surface area contributed by atoms with E-state index in [1.54, 1.807) is 0 Å². The summed E-state index contributed by atoms with van der Waals surface area (Å²) in [5.74, 6) is 1.49. The molecule has 0 spiro atoms. The standard InChI is InChI=1S/C11H11ClO/c12-7-9-6-10(9)11(13)8-4-2-1-3-5-8/h1-5,9-10H,6-7H2. The van der Waals surface area contributed by atoms with Gasteiger partial charge < -0.3 is 0 Å². The minimum Gasteiger partial charge on any atom is -0.294 e. The van der Waals surface area contributed by atoms with E-state index >= 15 is 0 Å². The number of benzene rings is 1. The first kappa shape index (κ1) is 8.76. The van der Waals surface area contributed by atoms with Crippen molar-refractivity contribution in [2.45, 2.75) is 6.42 Å². The van der Waals surface area contributed by atoms with Gasteiger partial charge in [0.15, 0.2) is 5.78 Å². The maximum absolute atomic E-state index is 11.7. The number of carbonyl (C=O) groups excluding carboxylic acids is 1. The first-order valence-corrected chi connectivity index (χ1v) is 5.01. The molecule has 2 heteroatoms. The van der Waals surface area contributed by atoms with Crippen molar-refractivity contribution in [3.05, 3.63) is 35.9 Å². The lowest BCUT2D eigenvalue weighted by molar-refractivity contribution is 0.0962. The fourth-order valence-electron chi connectivity index (χ4n) is 1.56. The first-order valence-electron chi connectivity index (χ1n) is 4.48. The maximum atomic E-state index is 11.7. The Kier molecular flexibility index (Phi) is 2.36. The van der Waals surface area contributed by atoms with Crippen LogP contribution in [-0.4, -0.2) is 11.7 Å². The summed E-state index contributed by atoms with van der Waals surface area (Å²) < 4.78 is 0. The molecule has 1 aromatic rings. The van der Waals surface area contributed by atoms with E-state index in [1.807, 2.05) is 30.3 Å². The molecule has 13 heavy (non-hydrogen) atoms. The van der Waals surface area contributed by atoms with E-state index in [9.17, 15) is 4.79 Å². The molecule has 0 saturated heterocycles. The third-order valence-electron chi connectivity index (χ3n) is 2.52. The molecule has 0 aliphatic heterocycles. The van der Waals surface area contributed by atoms with Crippen LogP contribution >= 0.6 is 11.6 Å². The fourth-order valence-corrected chi connectivity index (χ4v) is 1.90. The van der Waals surface area contributed by atoms with Gasteiger partial charge in [0.05, 0.1) is 0 Å². The minimum atomic E-state index is 0.194. The van der Waals surface area contributed by atoms with Crippen LogP contribution in [0.15, 0.2) is 30.3 Å². The highest BCUT2D eigenvalue weighted by molar-refractivity contribution is 6.18. The molecule has 2 rings (SSSR count). The molecule has 2 unspecified atom stereocenters. The molecule has 0 aromatic heterocycles.